The lowest BCUT2D eigenvalue weighted by Crippen LogP contribution is -2.36. The van der Waals surface area contributed by atoms with E-state index >= 15 is 0 Å². The Morgan fingerprint density at radius 1 is 1.36 bits per heavy atom. The number of aromatic amines is 1. The first-order chi connectivity index (χ1) is 10.8. The standard InChI is InChI=1S/C16H20FN5/c1-11-20-14-10-19-16-13(2-6-18-16)15(14)22(11)12-3-7-21(8-4-12)9-5-17/h2,6,10,12H,3-5,7-9H2,1H3,(H,18,19). The number of likely N-dealkylation sites (tertiary alicyclic amines) is 1. The van der Waals surface area contributed by atoms with Crippen LogP contribution in [0.5, 0.6) is 0 Å². The number of halogens is 1. The number of fused-ring (bicyclic) bond motifs is 3. The maximum Gasteiger partial charge on any atom is 0.139 e. The molecule has 1 aliphatic heterocycles. The normalized spacial score (nSPS) is 17.7. The molecule has 0 unspecified atom stereocenters. The van der Waals surface area contributed by atoms with Gasteiger partial charge < -0.3 is 14.5 Å². The highest BCUT2D eigenvalue weighted by Crippen LogP contribution is 2.31. The number of aromatic nitrogens is 4. The van der Waals surface area contributed by atoms with Crippen LogP contribution < -0.4 is 0 Å². The van der Waals surface area contributed by atoms with Crippen LogP contribution in [0.2, 0.25) is 0 Å². The Hall–Kier alpha value is -1.95. The number of H-pyrrole nitrogens is 1. The predicted octanol–water partition coefficient (Wildman–Crippen LogP) is 2.83. The van der Waals surface area contributed by atoms with Gasteiger partial charge in [-0.3, -0.25) is 0 Å². The summed E-state index contributed by atoms with van der Waals surface area (Å²) in [6.07, 6.45) is 5.85. The molecular weight excluding hydrogens is 281 g/mol. The number of aryl methyl sites for hydroxylation is 1. The molecule has 4 rings (SSSR count). The van der Waals surface area contributed by atoms with Crippen molar-refractivity contribution in [3.63, 3.8) is 0 Å². The Balaban J connectivity index is 1.75. The van der Waals surface area contributed by atoms with E-state index in [1.165, 1.54) is 5.52 Å². The molecule has 22 heavy (non-hydrogen) atoms. The lowest BCUT2D eigenvalue weighted by molar-refractivity contribution is 0.175. The molecule has 5 nitrogen and oxygen atoms in total. The number of nitrogens with zero attached hydrogens (tertiary/aromatic N) is 4. The molecule has 0 spiro atoms. The van der Waals surface area contributed by atoms with E-state index in [4.69, 9.17) is 0 Å². The second kappa shape index (κ2) is 5.35. The van der Waals surface area contributed by atoms with Crippen LogP contribution in [0.25, 0.3) is 22.1 Å². The number of alkyl halides is 1. The summed E-state index contributed by atoms with van der Waals surface area (Å²) in [5.74, 6) is 1.04. The van der Waals surface area contributed by atoms with Gasteiger partial charge in [0.15, 0.2) is 0 Å². The van der Waals surface area contributed by atoms with Crippen LogP contribution in [0.3, 0.4) is 0 Å². The van der Waals surface area contributed by atoms with Crippen molar-refractivity contribution in [2.24, 2.45) is 0 Å². The summed E-state index contributed by atoms with van der Waals surface area (Å²) in [4.78, 5) is 14.5. The summed E-state index contributed by atoms with van der Waals surface area (Å²) in [6, 6.07) is 2.50. The van der Waals surface area contributed by atoms with Crippen molar-refractivity contribution in [1.82, 2.24) is 24.4 Å². The largest absolute Gasteiger partial charge is 0.346 e. The summed E-state index contributed by atoms with van der Waals surface area (Å²) in [6.45, 7) is 4.27. The highest BCUT2D eigenvalue weighted by atomic mass is 19.1. The molecule has 0 atom stereocenters. The molecule has 0 aliphatic carbocycles. The van der Waals surface area contributed by atoms with E-state index in [0.717, 1.165) is 48.3 Å². The van der Waals surface area contributed by atoms with Crippen LogP contribution in [0.4, 0.5) is 4.39 Å². The number of hydrogen-bond acceptors (Lipinski definition) is 3. The van der Waals surface area contributed by atoms with E-state index < -0.39 is 0 Å². The molecule has 6 heteroatoms. The summed E-state index contributed by atoms with van der Waals surface area (Å²) in [5.41, 5.74) is 3.03. The molecule has 0 amide bonds. The van der Waals surface area contributed by atoms with E-state index in [1.54, 1.807) is 0 Å². The van der Waals surface area contributed by atoms with Crippen LogP contribution in [-0.4, -0.2) is 50.7 Å². The average Bonchev–Trinajstić information content (AvgIpc) is 3.11. The van der Waals surface area contributed by atoms with Gasteiger partial charge in [0, 0.05) is 37.3 Å². The van der Waals surface area contributed by atoms with Crippen LogP contribution >= 0.6 is 0 Å². The van der Waals surface area contributed by atoms with Gasteiger partial charge in [-0.05, 0) is 25.8 Å². The smallest absolute Gasteiger partial charge is 0.139 e. The first-order valence-corrected chi connectivity index (χ1v) is 7.87. The molecule has 3 aromatic rings. The molecule has 1 saturated heterocycles. The summed E-state index contributed by atoms with van der Waals surface area (Å²) >= 11 is 0. The van der Waals surface area contributed by atoms with E-state index in [1.807, 2.05) is 12.4 Å². The van der Waals surface area contributed by atoms with Gasteiger partial charge in [-0.2, -0.15) is 0 Å². The Bertz CT molecular complexity index is 797. The van der Waals surface area contributed by atoms with Crippen LogP contribution in [0, 0.1) is 6.92 Å². The van der Waals surface area contributed by atoms with Crippen LogP contribution in [0.1, 0.15) is 24.7 Å². The van der Waals surface area contributed by atoms with Gasteiger partial charge in [0.25, 0.3) is 0 Å². The third-order valence-electron chi connectivity index (χ3n) is 4.73. The molecule has 3 aromatic heterocycles. The molecule has 1 aliphatic rings. The zero-order valence-corrected chi connectivity index (χ0v) is 12.7. The Labute approximate surface area is 128 Å². The zero-order valence-electron chi connectivity index (χ0n) is 12.7. The van der Waals surface area contributed by atoms with Gasteiger partial charge in [0.05, 0.1) is 11.7 Å². The minimum absolute atomic E-state index is 0.257. The summed E-state index contributed by atoms with van der Waals surface area (Å²) in [5, 5.41) is 1.13. The van der Waals surface area contributed by atoms with Crippen molar-refractivity contribution in [3.05, 3.63) is 24.3 Å². The predicted molar refractivity (Wildman–Crippen MR) is 84.8 cm³/mol. The minimum atomic E-state index is -0.257. The Morgan fingerprint density at radius 3 is 2.95 bits per heavy atom. The van der Waals surface area contributed by atoms with E-state index in [0.29, 0.717) is 12.6 Å². The molecule has 0 bridgehead atoms. The van der Waals surface area contributed by atoms with Crippen molar-refractivity contribution in [2.45, 2.75) is 25.8 Å². The molecule has 0 aromatic carbocycles. The fraction of sp³-hybridized carbons (Fsp3) is 0.500. The molecule has 0 radical (unpaired) electrons. The molecular formula is C16H20FN5. The van der Waals surface area contributed by atoms with Gasteiger partial charge in [0.2, 0.25) is 0 Å². The zero-order chi connectivity index (χ0) is 15.1. The number of pyridine rings is 1. The third-order valence-corrected chi connectivity index (χ3v) is 4.73. The number of piperidine rings is 1. The maximum absolute atomic E-state index is 12.5. The van der Waals surface area contributed by atoms with Crippen molar-refractivity contribution < 1.29 is 4.39 Å². The SMILES string of the molecule is Cc1nc2cnc3[nH]ccc3c2n1C1CCN(CCF)CC1. The van der Waals surface area contributed by atoms with E-state index in [2.05, 4.69) is 37.4 Å². The third kappa shape index (κ3) is 2.09. The molecule has 4 heterocycles. The van der Waals surface area contributed by atoms with Gasteiger partial charge in [-0.15, -0.1) is 0 Å². The van der Waals surface area contributed by atoms with Crippen LogP contribution in [-0.2, 0) is 0 Å². The molecule has 1 fully saturated rings. The van der Waals surface area contributed by atoms with Gasteiger partial charge in [0.1, 0.15) is 23.7 Å². The quantitative estimate of drug-likeness (QED) is 0.809. The van der Waals surface area contributed by atoms with Crippen LogP contribution in [0.15, 0.2) is 18.5 Å². The number of hydrogen-bond donors (Lipinski definition) is 1. The topological polar surface area (TPSA) is 49.7 Å². The fourth-order valence-corrected chi connectivity index (χ4v) is 3.68. The van der Waals surface area contributed by atoms with Crippen molar-refractivity contribution >= 4 is 22.1 Å². The average molecular weight is 301 g/mol. The fourth-order valence-electron chi connectivity index (χ4n) is 3.68. The summed E-state index contributed by atoms with van der Waals surface area (Å²) < 4.78 is 14.9. The highest BCUT2D eigenvalue weighted by Gasteiger charge is 2.24. The summed E-state index contributed by atoms with van der Waals surface area (Å²) in [7, 11) is 0. The lowest BCUT2D eigenvalue weighted by Gasteiger charge is -2.32. The number of nitrogens with one attached hydrogen (secondary N) is 1. The van der Waals surface area contributed by atoms with Crippen molar-refractivity contribution in [2.75, 3.05) is 26.3 Å². The molecule has 0 saturated carbocycles. The molecule has 1 N–H and O–H groups in total. The van der Waals surface area contributed by atoms with Gasteiger partial charge in [-0.1, -0.05) is 0 Å². The Kier molecular flexibility index (Phi) is 3.33. The second-order valence-electron chi connectivity index (χ2n) is 6.02. The second-order valence-corrected chi connectivity index (χ2v) is 6.02. The van der Waals surface area contributed by atoms with Crippen molar-refractivity contribution in [1.29, 1.82) is 0 Å². The van der Waals surface area contributed by atoms with Gasteiger partial charge in [-0.25, -0.2) is 14.4 Å². The first-order valence-electron chi connectivity index (χ1n) is 7.87. The highest BCUT2D eigenvalue weighted by molar-refractivity contribution is 6.01. The van der Waals surface area contributed by atoms with E-state index in [9.17, 15) is 4.39 Å². The van der Waals surface area contributed by atoms with Gasteiger partial charge >= 0.3 is 0 Å². The van der Waals surface area contributed by atoms with E-state index in [-0.39, 0.29) is 6.67 Å². The molecule has 116 valence electrons. The monoisotopic (exact) mass is 301 g/mol. The first kappa shape index (κ1) is 13.7. The Morgan fingerprint density at radius 2 is 2.18 bits per heavy atom. The number of imidazole rings is 1. The number of rotatable bonds is 3. The van der Waals surface area contributed by atoms with Crippen molar-refractivity contribution in [3.8, 4) is 0 Å². The minimum Gasteiger partial charge on any atom is -0.346 e. The lowest BCUT2D eigenvalue weighted by atomic mass is 10.0. The maximum atomic E-state index is 12.5.